The topological polar surface area (TPSA) is 0 Å². The normalized spacial score (nSPS) is 9.81. The zero-order valence-corrected chi connectivity index (χ0v) is 9.00. The van der Waals surface area contributed by atoms with Gasteiger partial charge in [-0.1, -0.05) is 41.8 Å². The highest BCUT2D eigenvalue weighted by molar-refractivity contribution is 5.72. The molecule has 0 atom stereocenters. The van der Waals surface area contributed by atoms with E-state index in [-0.39, 0.29) is 5.82 Å². The van der Waals surface area contributed by atoms with Gasteiger partial charge < -0.3 is 0 Å². The molecule has 0 heterocycles. The van der Waals surface area contributed by atoms with Crippen molar-refractivity contribution in [2.24, 2.45) is 0 Å². The Kier molecular flexibility index (Phi) is 2.74. The van der Waals surface area contributed by atoms with Gasteiger partial charge in [0.05, 0.1) is 0 Å². The molecule has 0 nitrogen and oxygen atoms in total. The van der Waals surface area contributed by atoms with Crippen LogP contribution in [0.4, 0.5) is 4.39 Å². The number of terminal acetylenes is 1. The van der Waals surface area contributed by atoms with E-state index in [1.165, 1.54) is 6.07 Å². The maximum Gasteiger partial charge on any atom is 0.131 e. The molecule has 2 rings (SSSR count). The quantitative estimate of drug-likeness (QED) is 0.628. The fraction of sp³-hybridized carbons (Fsp3) is 0.0667. The van der Waals surface area contributed by atoms with Crippen LogP contribution in [0.2, 0.25) is 0 Å². The summed E-state index contributed by atoms with van der Waals surface area (Å²) >= 11 is 0. The second-order valence-corrected chi connectivity index (χ2v) is 3.67. The third-order valence-electron chi connectivity index (χ3n) is 2.49. The van der Waals surface area contributed by atoms with E-state index in [2.05, 4.69) is 5.92 Å². The van der Waals surface area contributed by atoms with E-state index in [0.717, 1.165) is 16.7 Å². The average Bonchev–Trinajstić information content (AvgIpc) is 2.29. The molecule has 0 aromatic heterocycles. The molecule has 0 bridgehead atoms. The summed E-state index contributed by atoms with van der Waals surface area (Å²) in [6.07, 6.45) is 5.42. The van der Waals surface area contributed by atoms with Crippen molar-refractivity contribution in [1.29, 1.82) is 0 Å². The molecule has 2 aromatic carbocycles. The summed E-state index contributed by atoms with van der Waals surface area (Å²) < 4.78 is 13.7. The summed E-state index contributed by atoms with van der Waals surface area (Å²) in [6, 6.07) is 12.3. The summed E-state index contributed by atoms with van der Waals surface area (Å²) in [5.74, 6) is 2.34. The van der Waals surface area contributed by atoms with Crippen LogP contribution in [0.5, 0.6) is 0 Å². The minimum atomic E-state index is -0.246. The van der Waals surface area contributed by atoms with Gasteiger partial charge in [-0.05, 0) is 19.1 Å². The smallest absolute Gasteiger partial charge is 0.131 e. The van der Waals surface area contributed by atoms with Crippen molar-refractivity contribution in [1.82, 2.24) is 0 Å². The van der Waals surface area contributed by atoms with Crippen molar-refractivity contribution in [3.05, 3.63) is 59.4 Å². The predicted molar refractivity (Wildman–Crippen MR) is 64.5 cm³/mol. The summed E-state index contributed by atoms with van der Waals surface area (Å²) in [5.41, 5.74) is 3.12. The molecule has 0 aliphatic rings. The van der Waals surface area contributed by atoms with Crippen molar-refractivity contribution in [2.45, 2.75) is 6.92 Å². The van der Waals surface area contributed by atoms with Crippen LogP contribution in [-0.4, -0.2) is 0 Å². The molecular weight excluding hydrogens is 199 g/mol. The molecule has 0 N–H and O–H groups in total. The van der Waals surface area contributed by atoms with Gasteiger partial charge in [0, 0.05) is 16.7 Å². The van der Waals surface area contributed by atoms with Crippen molar-refractivity contribution in [2.75, 3.05) is 0 Å². The molecule has 78 valence electrons. The van der Waals surface area contributed by atoms with Crippen molar-refractivity contribution >= 4 is 0 Å². The minimum Gasteiger partial charge on any atom is -0.206 e. The third-order valence-corrected chi connectivity index (χ3v) is 2.49. The van der Waals surface area contributed by atoms with Crippen LogP contribution in [0, 0.1) is 25.1 Å². The number of aryl methyl sites for hydroxylation is 1. The summed E-state index contributed by atoms with van der Waals surface area (Å²) in [6.45, 7) is 1.96. The Morgan fingerprint density at radius 1 is 1.06 bits per heavy atom. The van der Waals surface area contributed by atoms with Crippen LogP contribution in [0.15, 0.2) is 42.5 Å². The van der Waals surface area contributed by atoms with Crippen LogP contribution >= 0.6 is 0 Å². The van der Waals surface area contributed by atoms with E-state index in [1.54, 1.807) is 18.2 Å². The maximum absolute atomic E-state index is 13.7. The van der Waals surface area contributed by atoms with Crippen molar-refractivity contribution in [3.63, 3.8) is 0 Å². The molecule has 2 aromatic rings. The summed E-state index contributed by atoms with van der Waals surface area (Å²) in [7, 11) is 0. The Bertz CT molecular complexity index is 562. The molecule has 0 fully saturated rings. The average molecular weight is 210 g/mol. The van der Waals surface area contributed by atoms with Crippen molar-refractivity contribution in [3.8, 4) is 23.5 Å². The van der Waals surface area contributed by atoms with Gasteiger partial charge >= 0.3 is 0 Å². The zero-order valence-electron chi connectivity index (χ0n) is 9.00. The van der Waals surface area contributed by atoms with Gasteiger partial charge in [0.25, 0.3) is 0 Å². The molecule has 0 radical (unpaired) electrons. The first-order valence-corrected chi connectivity index (χ1v) is 5.04. The first-order valence-electron chi connectivity index (χ1n) is 5.04. The monoisotopic (exact) mass is 210 g/mol. The molecule has 0 aliphatic heterocycles. The zero-order chi connectivity index (χ0) is 11.5. The summed E-state index contributed by atoms with van der Waals surface area (Å²) in [5, 5.41) is 0. The van der Waals surface area contributed by atoms with Crippen LogP contribution in [0.25, 0.3) is 11.1 Å². The first-order chi connectivity index (χ1) is 7.72. The Morgan fingerprint density at radius 3 is 2.50 bits per heavy atom. The van der Waals surface area contributed by atoms with E-state index in [4.69, 9.17) is 6.42 Å². The standard InChI is InChI=1S/C15H11F/c1-3-12-9-8-11(2)10-14(12)13-6-4-5-7-15(13)16/h1,4-10H,2H3. The fourth-order valence-electron chi connectivity index (χ4n) is 1.69. The molecule has 16 heavy (non-hydrogen) atoms. The highest BCUT2D eigenvalue weighted by Crippen LogP contribution is 2.26. The Morgan fingerprint density at radius 2 is 1.81 bits per heavy atom. The second kappa shape index (κ2) is 4.20. The Hall–Kier alpha value is -2.07. The van der Waals surface area contributed by atoms with Gasteiger partial charge in [-0.3, -0.25) is 0 Å². The lowest BCUT2D eigenvalue weighted by Crippen LogP contribution is -1.89. The summed E-state index contributed by atoms with van der Waals surface area (Å²) in [4.78, 5) is 0. The van der Waals surface area contributed by atoms with Crippen molar-refractivity contribution < 1.29 is 4.39 Å². The molecule has 0 unspecified atom stereocenters. The third kappa shape index (κ3) is 1.83. The Labute approximate surface area is 94.7 Å². The van der Waals surface area contributed by atoms with E-state index in [0.29, 0.717) is 5.56 Å². The Balaban J connectivity index is 2.69. The van der Waals surface area contributed by atoms with Gasteiger partial charge in [0.2, 0.25) is 0 Å². The number of rotatable bonds is 1. The number of halogens is 1. The second-order valence-electron chi connectivity index (χ2n) is 3.67. The molecular formula is C15H11F. The van der Waals surface area contributed by atoms with Crippen LogP contribution in [-0.2, 0) is 0 Å². The van der Waals surface area contributed by atoms with Gasteiger partial charge in [0.15, 0.2) is 0 Å². The molecule has 0 aliphatic carbocycles. The van der Waals surface area contributed by atoms with E-state index in [9.17, 15) is 4.39 Å². The van der Waals surface area contributed by atoms with Gasteiger partial charge in [0.1, 0.15) is 5.82 Å². The lowest BCUT2D eigenvalue weighted by atomic mass is 9.97. The van der Waals surface area contributed by atoms with E-state index in [1.807, 2.05) is 25.1 Å². The molecule has 0 saturated carbocycles. The lowest BCUT2D eigenvalue weighted by molar-refractivity contribution is 0.631. The predicted octanol–water partition coefficient (Wildman–Crippen LogP) is 3.78. The lowest BCUT2D eigenvalue weighted by Gasteiger charge is -2.07. The van der Waals surface area contributed by atoms with Gasteiger partial charge in [-0.15, -0.1) is 6.42 Å². The van der Waals surface area contributed by atoms with Gasteiger partial charge in [-0.2, -0.15) is 0 Å². The fourth-order valence-corrected chi connectivity index (χ4v) is 1.69. The van der Waals surface area contributed by atoms with E-state index >= 15 is 0 Å². The molecule has 0 amide bonds. The number of hydrogen-bond donors (Lipinski definition) is 0. The SMILES string of the molecule is C#Cc1ccc(C)cc1-c1ccccc1F. The maximum atomic E-state index is 13.7. The van der Waals surface area contributed by atoms with Gasteiger partial charge in [-0.25, -0.2) is 4.39 Å². The van der Waals surface area contributed by atoms with Crippen LogP contribution in [0.1, 0.15) is 11.1 Å². The van der Waals surface area contributed by atoms with Crippen LogP contribution < -0.4 is 0 Å². The number of hydrogen-bond acceptors (Lipinski definition) is 0. The van der Waals surface area contributed by atoms with E-state index < -0.39 is 0 Å². The molecule has 0 saturated heterocycles. The highest BCUT2D eigenvalue weighted by Gasteiger charge is 2.07. The minimum absolute atomic E-state index is 0.246. The van der Waals surface area contributed by atoms with Crippen LogP contribution in [0.3, 0.4) is 0 Å². The molecule has 0 spiro atoms. The highest BCUT2D eigenvalue weighted by atomic mass is 19.1. The first kappa shape index (κ1) is 10.4. The molecule has 1 heteroatoms. The number of benzene rings is 2. The largest absolute Gasteiger partial charge is 0.206 e.